The number of aromatic amines is 1. The zero-order chi connectivity index (χ0) is 12.7. The molecule has 2 aromatic rings. The number of para-hydroxylation sites is 1. The highest BCUT2D eigenvalue weighted by Crippen LogP contribution is 2.28. The quantitative estimate of drug-likeness (QED) is 0.839. The maximum Gasteiger partial charge on any atom is 0.373 e. The Morgan fingerprint density at radius 1 is 1.50 bits per heavy atom. The highest BCUT2D eigenvalue weighted by Gasteiger charge is 2.29. The first-order valence-electron chi connectivity index (χ1n) is 5.67. The van der Waals surface area contributed by atoms with E-state index in [4.69, 9.17) is 0 Å². The molecule has 0 saturated heterocycles. The molecule has 1 aromatic heterocycles. The van der Waals surface area contributed by atoms with Gasteiger partial charge in [0.15, 0.2) is 6.04 Å². The molecular weight excluding hydrogens is 235 g/mol. The van der Waals surface area contributed by atoms with Crippen LogP contribution in [0.3, 0.4) is 0 Å². The molecule has 0 amide bonds. The van der Waals surface area contributed by atoms with Gasteiger partial charge in [-0.2, -0.15) is 0 Å². The summed E-state index contributed by atoms with van der Waals surface area (Å²) in [6.45, 7) is 1.80. The number of nitrogens with one attached hydrogen (secondary N) is 1. The summed E-state index contributed by atoms with van der Waals surface area (Å²) in [5.41, 5.74) is 3.60. The summed E-state index contributed by atoms with van der Waals surface area (Å²) in [5.74, 6) is -0.940. The zero-order valence-electron chi connectivity index (χ0n) is 9.74. The van der Waals surface area contributed by atoms with Crippen LogP contribution in [0.1, 0.15) is 18.2 Å². The van der Waals surface area contributed by atoms with E-state index in [1.54, 1.807) is 6.92 Å². The lowest BCUT2D eigenvalue weighted by molar-refractivity contribution is -0.185. The van der Waals surface area contributed by atoms with Crippen molar-refractivity contribution in [3.05, 3.63) is 35.5 Å². The number of aliphatic imine (C=N–C) groups is 1. The molecule has 0 saturated carbocycles. The third-order valence-corrected chi connectivity index (χ3v) is 3.27. The lowest BCUT2D eigenvalue weighted by Crippen LogP contribution is -2.27. The molecule has 0 aliphatic carbocycles. The highest BCUT2D eigenvalue weighted by molar-refractivity contribution is 6.06. The van der Waals surface area contributed by atoms with Gasteiger partial charge in [0.2, 0.25) is 0 Å². The van der Waals surface area contributed by atoms with Crippen molar-refractivity contribution in [3.8, 4) is 0 Å². The van der Waals surface area contributed by atoms with Crippen LogP contribution in [0.5, 0.6) is 0 Å². The maximum absolute atomic E-state index is 12.0. The number of fused-ring (bicyclic) bond motifs is 3. The van der Waals surface area contributed by atoms with Gasteiger partial charge in [-0.15, -0.1) is 0 Å². The van der Waals surface area contributed by atoms with Crippen LogP contribution in [0.2, 0.25) is 0 Å². The largest absolute Gasteiger partial charge is 0.373 e. The van der Waals surface area contributed by atoms with Gasteiger partial charge in [0.1, 0.15) is 0 Å². The number of H-pyrrole nitrogens is 1. The number of carbonyl (C=O) groups is 1. The number of hydrogen-bond donors (Lipinski definition) is 1. The molecule has 4 nitrogen and oxygen atoms in total. The van der Waals surface area contributed by atoms with Crippen LogP contribution >= 0.6 is 0 Å². The second kappa shape index (κ2) is 3.94. The molecule has 1 atom stereocenters. The molecule has 18 heavy (non-hydrogen) atoms. The van der Waals surface area contributed by atoms with E-state index >= 15 is 0 Å². The van der Waals surface area contributed by atoms with E-state index in [1.807, 2.05) is 24.3 Å². The Kier molecular flexibility index (Phi) is 2.40. The SMILES string of the molecule is CC1=NC(C(=O)OF)Cc2c1[nH]c1ccccc21. The molecule has 1 aliphatic heterocycles. The summed E-state index contributed by atoms with van der Waals surface area (Å²) in [6.07, 6.45) is 0.361. The van der Waals surface area contributed by atoms with Crippen molar-refractivity contribution in [1.29, 1.82) is 0 Å². The molecule has 2 heterocycles. The van der Waals surface area contributed by atoms with Gasteiger partial charge >= 0.3 is 5.97 Å². The van der Waals surface area contributed by atoms with Crippen molar-refractivity contribution in [3.63, 3.8) is 0 Å². The monoisotopic (exact) mass is 246 g/mol. The number of rotatable bonds is 1. The molecule has 1 N–H and O–H groups in total. The molecule has 0 bridgehead atoms. The second-order valence-corrected chi connectivity index (χ2v) is 4.35. The Balaban J connectivity index is 2.15. The van der Waals surface area contributed by atoms with Crippen molar-refractivity contribution in [2.75, 3.05) is 0 Å². The van der Waals surface area contributed by atoms with Crippen molar-refractivity contribution < 1.29 is 14.3 Å². The summed E-state index contributed by atoms with van der Waals surface area (Å²) in [5, 5.41) is 1.04. The minimum atomic E-state index is -0.940. The van der Waals surface area contributed by atoms with Crippen molar-refractivity contribution in [1.82, 2.24) is 4.98 Å². The number of nitrogens with zero attached hydrogens (tertiary/aromatic N) is 1. The Morgan fingerprint density at radius 3 is 3.06 bits per heavy atom. The van der Waals surface area contributed by atoms with E-state index in [0.717, 1.165) is 22.2 Å². The summed E-state index contributed by atoms with van der Waals surface area (Å²) in [6, 6.07) is 7.01. The summed E-state index contributed by atoms with van der Waals surface area (Å²) < 4.78 is 12.0. The molecule has 1 unspecified atom stereocenters. The Hall–Kier alpha value is -2.17. The lowest BCUT2D eigenvalue weighted by atomic mass is 9.98. The standard InChI is InChI=1S/C13H11FN2O2/c1-7-12-9(6-11(15-7)13(17)18-14)8-4-2-3-5-10(8)16-12/h2-5,11,16H,6H2,1H3. The van der Waals surface area contributed by atoms with Gasteiger partial charge in [-0.25, -0.2) is 4.79 Å². The molecule has 1 aliphatic rings. The second-order valence-electron chi connectivity index (χ2n) is 4.35. The molecule has 0 fully saturated rings. The topological polar surface area (TPSA) is 54.4 Å². The minimum absolute atomic E-state index is 0.361. The van der Waals surface area contributed by atoms with E-state index in [-0.39, 0.29) is 0 Å². The number of hydrogen-bond acceptors (Lipinski definition) is 3. The van der Waals surface area contributed by atoms with E-state index in [1.165, 1.54) is 0 Å². The Labute approximate surface area is 102 Å². The predicted molar refractivity (Wildman–Crippen MR) is 65.2 cm³/mol. The third kappa shape index (κ3) is 1.51. The molecule has 0 spiro atoms. The predicted octanol–water partition coefficient (Wildman–Crippen LogP) is 2.33. The molecule has 3 rings (SSSR count). The van der Waals surface area contributed by atoms with E-state index in [9.17, 15) is 9.32 Å². The van der Waals surface area contributed by atoms with Gasteiger partial charge < -0.3 is 4.98 Å². The Morgan fingerprint density at radius 2 is 2.28 bits per heavy atom. The van der Waals surface area contributed by atoms with Gasteiger partial charge in [0.05, 0.1) is 11.4 Å². The first kappa shape index (κ1) is 11.0. The van der Waals surface area contributed by atoms with Crippen LogP contribution < -0.4 is 0 Å². The number of aromatic nitrogens is 1. The van der Waals surface area contributed by atoms with Gasteiger partial charge in [0.25, 0.3) is 0 Å². The van der Waals surface area contributed by atoms with Crippen LogP contribution in [-0.4, -0.2) is 22.7 Å². The van der Waals surface area contributed by atoms with Crippen LogP contribution in [0, 0.1) is 0 Å². The highest BCUT2D eigenvalue weighted by atomic mass is 19.3. The number of carbonyl (C=O) groups excluding carboxylic acids is 1. The molecule has 92 valence electrons. The molecular formula is C13H11FN2O2. The van der Waals surface area contributed by atoms with Crippen LogP contribution in [0.4, 0.5) is 4.53 Å². The first-order chi connectivity index (χ1) is 8.70. The summed E-state index contributed by atoms with van der Waals surface area (Å²) in [4.78, 5) is 22.0. The average Bonchev–Trinajstić information content (AvgIpc) is 2.77. The van der Waals surface area contributed by atoms with Crippen LogP contribution in [0.25, 0.3) is 10.9 Å². The van der Waals surface area contributed by atoms with Crippen LogP contribution in [-0.2, 0) is 16.2 Å². The fourth-order valence-corrected chi connectivity index (χ4v) is 2.45. The van der Waals surface area contributed by atoms with Crippen molar-refractivity contribution >= 4 is 22.6 Å². The van der Waals surface area contributed by atoms with Gasteiger partial charge in [-0.1, -0.05) is 18.2 Å². The third-order valence-electron chi connectivity index (χ3n) is 3.27. The molecule has 0 radical (unpaired) electrons. The number of halogens is 1. The van der Waals surface area contributed by atoms with E-state index in [0.29, 0.717) is 12.1 Å². The minimum Gasteiger partial charge on any atom is -0.353 e. The summed E-state index contributed by atoms with van der Waals surface area (Å²) >= 11 is 0. The first-order valence-corrected chi connectivity index (χ1v) is 5.67. The zero-order valence-corrected chi connectivity index (χ0v) is 9.74. The van der Waals surface area contributed by atoms with Crippen LogP contribution in [0.15, 0.2) is 29.3 Å². The summed E-state index contributed by atoms with van der Waals surface area (Å²) in [7, 11) is 0. The van der Waals surface area contributed by atoms with Gasteiger partial charge in [0, 0.05) is 21.8 Å². The van der Waals surface area contributed by atoms with E-state index < -0.39 is 12.0 Å². The molecule has 5 heteroatoms. The normalized spacial score (nSPS) is 18.3. The average molecular weight is 246 g/mol. The molecule has 1 aromatic carbocycles. The Bertz CT molecular complexity index is 660. The maximum atomic E-state index is 12.0. The van der Waals surface area contributed by atoms with E-state index in [2.05, 4.69) is 14.9 Å². The lowest BCUT2D eigenvalue weighted by Gasteiger charge is -2.16. The fourth-order valence-electron chi connectivity index (χ4n) is 2.45. The van der Waals surface area contributed by atoms with Crippen molar-refractivity contribution in [2.24, 2.45) is 4.99 Å². The van der Waals surface area contributed by atoms with Gasteiger partial charge in [-0.3, -0.25) is 9.93 Å². The fraction of sp³-hybridized carbons (Fsp3) is 0.231. The van der Waals surface area contributed by atoms with Crippen molar-refractivity contribution in [2.45, 2.75) is 19.4 Å². The van der Waals surface area contributed by atoms with Gasteiger partial charge in [-0.05, 0) is 18.6 Å². The number of benzene rings is 1. The smallest absolute Gasteiger partial charge is 0.353 e.